The highest BCUT2D eigenvalue weighted by Crippen LogP contribution is 2.45. The van der Waals surface area contributed by atoms with E-state index in [0.29, 0.717) is 17.3 Å². The lowest BCUT2D eigenvalue weighted by atomic mass is 9.71. The predicted molar refractivity (Wildman–Crippen MR) is 176 cm³/mol. The zero-order chi connectivity index (χ0) is 28.8. The molecule has 0 N–H and O–H groups in total. The van der Waals surface area contributed by atoms with Crippen LogP contribution in [0.15, 0.2) is 72.4 Å². The van der Waals surface area contributed by atoms with Crippen LogP contribution in [0.2, 0.25) is 0 Å². The average molecular weight is 533 g/mol. The van der Waals surface area contributed by atoms with E-state index in [1.807, 2.05) is 0 Å². The van der Waals surface area contributed by atoms with Crippen molar-refractivity contribution in [1.82, 2.24) is 0 Å². The Morgan fingerprint density at radius 2 is 1.68 bits per heavy atom. The summed E-state index contributed by atoms with van der Waals surface area (Å²) < 4.78 is 0. The number of aryl methyl sites for hydroxylation is 2. The van der Waals surface area contributed by atoms with E-state index in [0.717, 1.165) is 25.2 Å². The Kier molecular flexibility index (Phi) is 7.95. The standard InChI is InChI=1S/C40H52/c1-26-19-28(3)36(22-30-15-17-40(8,9)18-16-30)38(20-26)34-12-10-11-32-21-31(24-37(32)34)23-35-27(2)13-14-33(29(35)4)25-39(5,6)7/h10-14,19-21,30,33,35H,2,4,15-18,22-25H2,1,3,5-9H3. The van der Waals surface area contributed by atoms with Gasteiger partial charge in [0, 0.05) is 5.92 Å². The van der Waals surface area contributed by atoms with E-state index in [1.165, 1.54) is 82.2 Å². The first-order valence-corrected chi connectivity index (χ1v) is 15.8. The van der Waals surface area contributed by atoms with Crippen LogP contribution in [0.25, 0.3) is 17.2 Å². The molecule has 0 nitrogen and oxygen atoms in total. The monoisotopic (exact) mass is 532 g/mol. The highest BCUT2D eigenvalue weighted by atomic mass is 14.4. The molecule has 0 aromatic heterocycles. The molecular weight excluding hydrogens is 480 g/mol. The fourth-order valence-corrected chi connectivity index (χ4v) is 7.64. The van der Waals surface area contributed by atoms with Crippen LogP contribution < -0.4 is 0 Å². The van der Waals surface area contributed by atoms with Crippen LogP contribution in [-0.4, -0.2) is 0 Å². The van der Waals surface area contributed by atoms with Crippen molar-refractivity contribution >= 4 is 6.08 Å². The van der Waals surface area contributed by atoms with Gasteiger partial charge in [-0.3, -0.25) is 0 Å². The largest absolute Gasteiger partial charge is 0.0986 e. The van der Waals surface area contributed by atoms with E-state index < -0.39 is 0 Å². The number of benzene rings is 2. The Labute approximate surface area is 245 Å². The van der Waals surface area contributed by atoms with Gasteiger partial charge in [0.1, 0.15) is 0 Å². The van der Waals surface area contributed by atoms with E-state index in [4.69, 9.17) is 0 Å². The van der Waals surface area contributed by atoms with Gasteiger partial charge in [-0.15, -0.1) is 0 Å². The van der Waals surface area contributed by atoms with Gasteiger partial charge < -0.3 is 0 Å². The van der Waals surface area contributed by atoms with Gasteiger partial charge in [0.05, 0.1) is 0 Å². The maximum Gasteiger partial charge on any atom is 0.00827 e. The van der Waals surface area contributed by atoms with Gasteiger partial charge in [0.25, 0.3) is 0 Å². The Hall–Kier alpha value is -2.60. The smallest absolute Gasteiger partial charge is 0.00827 e. The van der Waals surface area contributed by atoms with Crippen LogP contribution in [0.1, 0.15) is 101 Å². The van der Waals surface area contributed by atoms with Crippen LogP contribution >= 0.6 is 0 Å². The summed E-state index contributed by atoms with van der Waals surface area (Å²) in [5, 5.41) is 0. The van der Waals surface area contributed by atoms with Crippen molar-refractivity contribution in [2.45, 2.75) is 99.8 Å². The van der Waals surface area contributed by atoms with Gasteiger partial charge in [-0.2, -0.15) is 0 Å². The maximum absolute atomic E-state index is 4.62. The molecule has 3 aliphatic rings. The van der Waals surface area contributed by atoms with Crippen LogP contribution in [0.3, 0.4) is 0 Å². The lowest BCUT2D eigenvalue weighted by Crippen LogP contribution is -2.22. The van der Waals surface area contributed by atoms with Crippen molar-refractivity contribution < 1.29 is 0 Å². The fourth-order valence-electron chi connectivity index (χ4n) is 7.64. The molecule has 2 aromatic rings. The molecule has 0 amide bonds. The van der Waals surface area contributed by atoms with E-state index >= 15 is 0 Å². The molecule has 1 saturated carbocycles. The first kappa shape index (κ1) is 28.9. The predicted octanol–water partition coefficient (Wildman–Crippen LogP) is 11.4. The molecule has 0 aliphatic heterocycles. The molecule has 0 radical (unpaired) electrons. The van der Waals surface area contributed by atoms with Crippen LogP contribution in [0, 0.1) is 42.4 Å². The summed E-state index contributed by atoms with van der Waals surface area (Å²) in [6, 6.07) is 11.9. The van der Waals surface area contributed by atoms with Gasteiger partial charge in [0.15, 0.2) is 0 Å². The lowest BCUT2D eigenvalue weighted by Gasteiger charge is -2.35. The number of fused-ring (bicyclic) bond motifs is 1. The van der Waals surface area contributed by atoms with Crippen molar-refractivity contribution in [3.63, 3.8) is 0 Å². The topological polar surface area (TPSA) is 0 Å². The van der Waals surface area contributed by atoms with E-state index in [-0.39, 0.29) is 5.41 Å². The highest BCUT2D eigenvalue weighted by molar-refractivity contribution is 5.80. The Morgan fingerprint density at radius 1 is 0.950 bits per heavy atom. The normalized spacial score (nSPS) is 22.9. The molecule has 2 aromatic carbocycles. The second-order valence-electron chi connectivity index (χ2n) is 15.4. The van der Waals surface area contributed by atoms with Gasteiger partial charge >= 0.3 is 0 Å². The number of allylic oxidation sites excluding steroid dienone is 5. The Morgan fingerprint density at radius 3 is 2.38 bits per heavy atom. The first-order chi connectivity index (χ1) is 18.8. The van der Waals surface area contributed by atoms with Crippen molar-refractivity contribution in [1.29, 1.82) is 0 Å². The van der Waals surface area contributed by atoms with Crippen LogP contribution in [0.4, 0.5) is 0 Å². The molecule has 0 spiro atoms. The molecule has 1 fully saturated rings. The van der Waals surface area contributed by atoms with Crippen molar-refractivity contribution in [3.05, 3.63) is 100 Å². The second kappa shape index (κ2) is 11.0. The third-order valence-corrected chi connectivity index (χ3v) is 10.0. The highest BCUT2D eigenvalue weighted by Gasteiger charge is 2.31. The van der Waals surface area contributed by atoms with Gasteiger partial charge in [-0.25, -0.2) is 0 Å². The van der Waals surface area contributed by atoms with Gasteiger partial charge in [-0.1, -0.05) is 113 Å². The molecule has 2 unspecified atom stereocenters. The number of rotatable bonds is 6. The summed E-state index contributed by atoms with van der Waals surface area (Å²) in [5.74, 6) is 1.59. The fraction of sp³-hybridized carbons (Fsp3) is 0.500. The molecule has 2 atom stereocenters. The molecule has 0 heterocycles. The molecule has 5 rings (SSSR count). The SMILES string of the molecule is C=C1C=CC(CC(C)(C)C)C(=C)C1CC1=Cc2cccc(-c3cc(C)cc(C)c3CC3CCC(C)(C)CC3)c2C1. The minimum Gasteiger partial charge on any atom is -0.0986 e. The van der Waals surface area contributed by atoms with E-state index in [1.54, 1.807) is 5.56 Å². The summed E-state index contributed by atoms with van der Waals surface area (Å²) >= 11 is 0. The second-order valence-corrected chi connectivity index (χ2v) is 15.4. The summed E-state index contributed by atoms with van der Waals surface area (Å²) in [5.41, 5.74) is 15.2. The summed E-state index contributed by atoms with van der Waals surface area (Å²) in [6.07, 6.45) is 17.0. The van der Waals surface area contributed by atoms with Gasteiger partial charge in [-0.05, 0) is 127 Å². The maximum atomic E-state index is 4.62. The van der Waals surface area contributed by atoms with Crippen LogP contribution in [0.5, 0.6) is 0 Å². The molecule has 212 valence electrons. The van der Waals surface area contributed by atoms with Crippen molar-refractivity contribution in [2.24, 2.45) is 28.6 Å². The zero-order valence-electron chi connectivity index (χ0n) is 26.4. The number of hydrogen-bond donors (Lipinski definition) is 0. The molecule has 40 heavy (non-hydrogen) atoms. The Bertz CT molecular complexity index is 1360. The molecule has 3 aliphatic carbocycles. The van der Waals surface area contributed by atoms with E-state index in [9.17, 15) is 0 Å². The number of hydrogen-bond acceptors (Lipinski definition) is 0. The minimum absolute atomic E-state index is 0.288. The molecule has 0 heteroatoms. The third-order valence-electron chi connectivity index (χ3n) is 10.0. The molecule has 0 bridgehead atoms. The molecular formula is C40H52. The average Bonchev–Trinajstić information content (AvgIpc) is 3.28. The lowest BCUT2D eigenvalue weighted by molar-refractivity contribution is 0.191. The quantitative estimate of drug-likeness (QED) is 0.325. The van der Waals surface area contributed by atoms with Gasteiger partial charge in [0.2, 0.25) is 0 Å². The minimum atomic E-state index is 0.288. The summed E-state index contributed by atoms with van der Waals surface area (Å²) in [7, 11) is 0. The third kappa shape index (κ3) is 6.32. The van der Waals surface area contributed by atoms with Crippen LogP contribution in [-0.2, 0) is 12.8 Å². The van der Waals surface area contributed by atoms with E-state index in [2.05, 4.69) is 110 Å². The summed E-state index contributed by atoms with van der Waals surface area (Å²) in [6.45, 7) is 25.6. The van der Waals surface area contributed by atoms with Crippen molar-refractivity contribution in [3.8, 4) is 11.1 Å². The Balaban J connectivity index is 1.39. The molecule has 0 saturated heterocycles. The van der Waals surface area contributed by atoms with Crippen molar-refractivity contribution in [2.75, 3.05) is 0 Å². The first-order valence-electron chi connectivity index (χ1n) is 15.8. The zero-order valence-corrected chi connectivity index (χ0v) is 26.4. The summed E-state index contributed by atoms with van der Waals surface area (Å²) in [4.78, 5) is 0.